The number of para-hydroxylation sites is 1. The van der Waals surface area contributed by atoms with Crippen molar-refractivity contribution in [3.8, 4) is 5.75 Å². The lowest BCUT2D eigenvalue weighted by atomic mass is 9.91. The molecule has 0 amide bonds. The van der Waals surface area contributed by atoms with Crippen molar-refractivity contribution in [2.75, 3.05) is 20.2 Å². The molecule has 1 atom stereocenters. The summed E-state index contributed by atoms with van der Waals surface area (Å²) in [6.45, 7) is 2.35. The zero-order valence-corrected chi connectivity index (χ0v) is 11.1. The van der Waals surface area contributed by atoms with E-state index in [1.165, 1.54) is 43.4 Å². The summed E-state index contributed by atoms with van der Waals surface area (Å²) in [6, 6.07) is 9.15. The first-order valence-electron chi connectivity index (χ1n) is 6.95. The molecule has 0 aromatic heterocycles. The van der Waals surface area contributed by atoms with Crippen molar-refractivity contribution in [1.29, 1.82) is 0 Å². The van der Waals surface area contributed by atoms with Gasteiger partial charge in [-0.05, 0) is 37.4 Å². The second kappa shape index (κ2) is 5.15. The minimum absolute atomic E-state index is 0.789. The molecule has 96 valence electrons. The lowest BCUT2D eigenvalue weighted by Gasteiger charge is -2.39. The Bertz CT molecular complexity index is 452. The van der Waals surface area contributed by atoms with Crippen molar-refractivity contribution in [3.05, 3.63) is 35.9 Å². The van der Waals surface area contributed by atoms with Crippen LogP contribution < -0.4 is 4.74 Å². The summed E-state index contributed by atoms with van der Waals surface area (Å²) in [5.41, 5.74) is 2.70. The van der Waals surface area contributed by atoms with Gasteiger partial charge in [-0.25, -0.2) is 0 Å². The molecule has 2 heteroatoms. The third kappa shape index (κ3) is 2.17. The predicted molar refractivity (Wildman–Crippen MR) is 74.8 cm³/mol. The Morgan fingerprint density at radius 2 is 2.11 bits per heavy atom. The van der Waals surface area contributed by atoms with E-state index in [-0.39, 0.29) is 0 Å². The number of nitrogens with zero attached hydrogens (tertiary/aromatic N) is 1. The van der Waals surface area contributed by atoms with Crippen LogP contribution >= 0.6 is 0 Å². The summed E-state index contributed by atoms with van der Waals surface area (Å²) >= 11 is 0. The second-order valence-corrected chi connectivity index (χ2v) is 5.29. The van der Waals surface area contributed by atoms with Crippen molar-refractivity contribution in [3.63, 3.8) is 0 Å². The Morgan fingerprint density at radius 3 is 3.00 bits per heavy atom. The van der Waals surface area contributed by atoms with Gasteiger partial charge < -0.3 is 4.74 Å². The molecule has 0 aliphatic carbocycles. The number of fused-ring (bicyclic) bond motifs is 1. The van der Waals surface area contributed by atoms with Crippen LogP contribution in [0.3, 0.4) is 0 Å². The molecule has 1 aromatic rings. The van der Waals surface area contributed by atoms with E-state index >= 15 is 0 Å². The molecule has 0 saturated carbocycles. The molecule has 0 spiro atoms. The van der Waals surface area contributed by atoms with Crippen LogP contribution in [0.2, 0.25) is 0 Å². The van der Waals surface area contributed by atoms with E-state index in [2.05, 4.69) is 29.2 Å². The Labute approximate surface area is 109 Å². The van der Waals surface area contributed by atoms with E-state index in [0.29, 0.717) is 0 Å². The van der Waals surface area contributed by atoms with Crippen LogP contribution in [-0.4, -0.2) is 31.1 Å². The molecule has 2 nitrogen and oxygen atoms in total. The molecule has 1 aromatic carbocycles. The van der Waals surface area contributed by atoms with Gasteiger partial charge >= 0.3 is 0 Å². The average Bonchev–Trinajstić information content (AvgIpc) is 2.46. The molecule has 2 heterocycles. The van der Waals surface area contributed by atoms with Crippen LogP contribution in [0.25, 0.3) is 5.57 Å². The highest BCUT2D eigenvalue weighted by molar-refractivity contribution is 5.72. The van der Waals surface area contributed by atoms with E-state index in [4.69, 9.17) is 4.74 Å². The Kier molecular flexibility index (Phi) is 3.37. The van der Waals surface area contributed by atoms with Crippen molar-refractivity contribution in [2.24, 2.45) is 0 Å². The van der Waals surface area contributed by atoms with Gasteiger partial charge in [-0.15, -0.1) is 0 Å². The maximum absolute atomic E-state index is 5.48. The smallest absolute Gasteiger partial charge is 0.126 e. The van der Waals surface area contributed by atoms with Crippen LogP contribution in [0.15, 0.2) is 30.3 Å². The number of methoxy groups -OCH3 is 1. The van der Waals surface area contributed by atoms with Gasteiger partial charge in [0.05, 0.1) is 7.11 Å². The van der Waals surface area contributed by atoms with Crippen LogP contribution in [0.1, 0.15) is 31.2 Å². The molecule has 0 unspecified atom stereocenters. The van der Waals surface area contributed by atoms with Crippen LogP contribution in [0.4, 0.5) is 0 Å². The average molecular weight is 243 g/mol. The molecule has 2 aliphatic rings. The fraction of sp³-hybridized carbons (Fsp3) is 0.500. The topological polar surface area (TPSA) is 12.5 Å². The summed E-state index contributed by atoms with van der Waals surface area (Å²) in [5, 5.41) is 0. The lowest BCUT2D eigenvalue weighted by Crippen LogP contribution is -2.42. The van der Waals surface area contributed by atoms with Gasteiger partial charge in [0.1, 0.15) is 5.75 Å². The Morgan fingerprint density at radius 1 is 1.22 bits per heavy atom. The zero-order chi connectivity index (χ0) is 12.4. The fourth-order valence-electron chi connectivity index (χ4n) is 3.20. The molecule has 18 heavy (non-hydrogen) atoms. The zero-order valence-electron chi connectivity index (χ0n) is 11.1. The van der Waals surface area contributed by atoms with Gasteiger partial charge in [0.2, 0.25) is 0 Å². The van der Waals surface area contributed by atoms with E-state index in [0.717, 1.165) is 18.3 Å². The number of rotatable bonds is 2. The molecule has 0 N–H and O–H groups in total. The summed E-state index contributed by atoms with van der Waals surface area (Å²) in [4.78, 5) is 2.64. The molecule has 2 aliphatic heterocycles. The number of ether oxygens (including phenoxy) is 1. The number of piperidine rings is 1. The Balaban J connectivity index is 1.86. The van der Waals surface area contributed by atoms with E-state index in [1.54, 1.807) is 7.11 Å². The quantitative estimate of drug-likeness (QED) is 0.790. The van der Waals surface area contributed by atoms with Gasteiger partial charge in [0.25, 0.3) is 0 Å². The van der Waals surface area contributed by atoms with Gasteiger partial charge in [-0.1, -0.05) is 30.7 Å². The van der Waals surface area contributed by atoms with Crippen LogP contribution in [0.5, 0.6) is 5.75 Å². The van der Waals surface area contributed by atoms with Crippen molar-refractivity contribution in [2.45, 2.75) is 31.7 Å². The molecular weight excluding hydrogens is 222 g/mol. The normalized spacial score (nSPS) is 24.3. The summed E-state index contributed by atoms with van der Waals surface area (Å²) < 4.78 is 5.48. The Hall–Kier alpha value is -1.28. The highest BCUT2D eigenvalue weighted by Crippen LogP contribution is 2.33. The van der Waals surface area contributed by atoms with Gasteiger partial charge in [-0.3, -0.25) is 4.90 Å². The SMILES string of the molecule is COc1ccccc1C1=CC[C@@H]2CCCCN2C1. The highest BCUT2D eigenvalue weighted by atomic mass is 16.5. The third-order valence-corrected chi connectivity index (χ3v) is 4.21. The monoisotopic (exact) mass is 243 g/mol. The molecule has 1 fully saturated rings. The highest BCUT2D eigenvalue weighted by Gasteiger charge is 2.26. The summed E-state index contributed by atoms with van der Waals surface area (Å²) in [5.74, 6) is 0.999. The third-order valence-electron chi connectivity index (χ3n) is 4.21. The summed E-state index contributed by atoms with van der Waals surface area (Å²) in [7, 11) is 1.76. The standard InChI is InChI=1S/C16H21NO/c1-18-16-8-3-2-7-15(16)13-9-10-14-6-4-5-11-17(14)12-13/h2-3,7-9,14H,4-6,10-12H2,1H3/t14-/m0/s1. The number of hydrogen-bond donors (Lipinski definition) is 0. The van der Waals surface area contributed by atoms with Gasteiger partial charge in [0, 0.05) is 18.2 Å². The van der Waals surface area contributed by atoms with Crippen molar-refractivity contribution >= 4 is 5.57 Å². The minimum atomic E-state index is 0.789. The van der Waals surface area contributed by atoms with Gasteiger partial charge in [-0.2, -0.15) is 0 Å². The number of hydrogen-bond acceptors (Lipinski definition) is 2. The first-order valence-corrected chi connectivity index (χ1v) is 6.95. The summed E-state index contributed by atoms with van der Waals surface area (Å²) in [6.07, 6.45) is 7.75. The lowest BCUT2D eigenvalue weighted by molar-refractivity contribution is 0.162. The maximum atomic E-state index is 5.48. The van der Waals surface area contributed by atoms with E-state index in [1.807, 2.05) is 6.07 Å². The van der Waals surface area contributed by atoms with Crippen LogP contribution in [-0.2, 0) is 0 Å². The van der Waals surface area contributed by atoms with Crippen molar-refractivity contribution < 1.29 is 4.74 Å². The van der Waals surface area contributed by atoms with E-state index < -0.39 is 0 Å². The molecule has 3 rings (SSSR count). The number of benzene rings is 1. The molecule has 1 saturated heterocycles. The maximum Gasteiger partial charge on any atom is 0.126 e. The van der Waals surface area contributed by atoms with Crippen LogP contribution in [0, 0.1) is 0 Å². The van der Waals surface area contributed by atoms with E-state index in [9.17, 15) is 0 Å². The predicted octanol–water partition coefficient (Wildman–Crippen LogP) is 3.34. The molecule has 0 bridgehead atoms. The minimum Gasteiger partial charge on any atom is -0.496 e. The largest absolute Gasteiger partial charge is 0.496 e. The first-order chi connectivity index (χ1) is 8.88. The van der Waals surface area contributed by atoms with Crippen molar-refractivity contribution in [1.82, 2.24) is 4.90 Å². The molecular formula is C16H21NO. The van der Waals surface area contributed by atoms with Gasteiger partial charge in [0.15, 0.2) is 0 Å². The fourth-order valence-corrected chi connectivity index (χ4v) is 3.20. The molecule has 0 radical (unpaired) electrons. The second-order valence-electron chi connectivity index (χ2n) is 5.29. The first kappa shape index (κ1) is 11.8.